The predicted molar refractivity (Wildman–Crippen MR) is 137 cm³/mol. The summed E-state index contributed by atoms with van der Waals surface area (Å²) in [7, 11) is -2.44. The molecule has 0 radical (unpaired) electrons. The average molecular weight is 521 g/mol. The van der Waals surface area contributed by atoms with Crippen LogP contribution in [0.15, 0.2) is 90.2 Å². The van der Waals surface area contributed by atoms with Crippen molar-refractivity contribution in [3.63, 3.8) is 0 Å². The normalized spacial score (nSPS) is 11.4. The molecular weight excluding hydrogens is 503 g/mol. The Kier molecular flexibility index (Phi) is 6.26. The lowest BCUT2D eigenvalue weighted by atomic mass is 9.98. The Morgan fingerprint density at radius 3 is 2.47 bits per heavy atom. The van der Waals surface area contributed by atoms with E-state index in [0.717, 1.165) is 39.7 Å². The summed E-state index contributed by atoms with van der Waals surface area (Å²) in [5.41, 5.74) is 3.95. The van der Waals surface area contributed by atoms with Crippen LogP contribution in [0.25, 0.3) is 33.2 Å². The van der Waals surface area contributed by atoms with Crippen LogP contribution in [0.3, 0.4) is 0 Å². The second-order valence-corrected chi connectivity index (χ2v) is 9.81. The van der Waals surface area contributed by atoms with E-state index in [9.17, 15) is 12.8 Å². The number of nitrogens with one attached hydrogen (secondary N) is 1. The average Bonchev–Trinajstić information content (AvgIpc) is 2.89. The number of hydrogen-bond acceptors (Lipinski definition) is 6. The molecule has 0 amide bonds. The first-order valence-electron chi connectivity index (χ1n) is 10.7. The number of anilines is 1. The highest BCUT2D eigenvalue weighted by Gasteiger charge is 2.18. The second kappa shape index (κ2) is 9.52. The molecule has 0 bridgehead atoms. The third-order valence-electron chi connectivity index (χ3n) is 5.54. The molecule has 0 aliphatic carbocycles. The molecule has 3 heterocycles. The summed E-state index contributed by atoms with van der Waals surface area (Å²) >= 11 is 6.21. The zero-order chi connectivity index (χ0) is 25.3. The summed E-state index contributed by atoms with van der Waals surface area (Å²) in [6.45, 7) is 0. The summed E-state index contributed by atoms with van der Waals surface area (Å²) < 4.78 is 46.7. The van der Waals surface area contributed by atoms with E-state index in [1.54, 1.807) is 31.8 Å². The van der Waals surface area contributed by atoms with Crippen molar-refractivity contribution in [3.8, 4) is 28.1 Å². The third kappa shape index (κ3) is 4.58. The molecule has 5 rings (SSSR count). The first kappa shape index (κ1) is 23.7. The molecule has 0 aliphatic rings. The van der Waals surface area contributed by atoms with Gasteiger partial charge in [-0.25, -0.2) is 22.8 Å². The number of benzene rings is 2. The number of hydrogen-bond donors (Lipinski definition) is 1. The van der Waals surface area contributed by atoms with Crippen LogP contribution >= 0.6 is 11.6 Å². The quantitative estimate of drug-likeness (QED) is 0.278. The highest BCUT2D eigenvalue weighted by molar-refractivity contribution is 7.92. The van der Waals surface area contributed by atoms with Gasteiger partial charge in [-0.3, -0.25) is 9.71 Å². The standard InChI is InChI=1S/C26H18ClFN4O3S/c1-35-26-21(3-2-11-30-26)20-10-12-29-23-9-4-16(13-22(20)23)17-14-24(25(27)31-15-17)32-36(33,34)19-7-5-18(28)6-8-19/h2-15,32H,1H3. The van der Waals surface area contributed by atoms with Gasteiger partial charge in [0.25, 0.3) is 10.0 Å². The largest absolute Gasteiger partial charge is 0.481 e. The van der Waals surface area contributed by atoms with Gasteiger partial charge in [-0.2, -0.15) is 0 Å². The van der Waals surface area contributed by atoms with Crippen LogP contribution in [0.5, 0.6) is 5.88 Å². The lowest BCUT2D eigenvalue weighted by Gasteiger charge is -2.13. The minimum absolute atomic E-state index is 0.0207. The summed E-state index contributed by atoms with van der Waals surface area (Å²) in [6, 6.07) is 17.4. The zero-order valence-corrected chi connectivity index (χ0v) is 20.4. The van der Waals surface area contributed by atoms with Gasteiger partial charge in [0, 0.05) is 35.1 Å². The molecule has 0 saturated carbocycles. The molecule has 1 N–H and O–H groups in total. The fraction of sp³-hybridized carbons (Fsp3) is 0.0385. The van der Waals surface area contributed by atoms with Crippen molar-refractivity contribution in [3.05, 3.63) is 96.3 Å². The second-order valence-electron chi connectivity index (χ2n) is 7.77. The van der Waals surface area contributed by atoms with Gasteiger partial charge in [0.15, 0.2) is 5.15 Å². The maximum atomic E-state index is 13.2. The van der Waals surface area contributed by atoms with E-state index < -0.39 is 15.8 Å². The van der Waals surface area contributed by atoms with Gasteiger partial charge >= 0.3 is 0 Å². The molecule has 0 unspecified atom stereocenters. The van der Waals surface area contributed by atoms with Crippen LogP contribution in [0.2, 0.25) is 5.15 Å². The van der Waals surface area contributed by atoms with Crippen molar-refractivity contribution in [1.29, 1.82) is 0 Å². The Bertz CT molecular complexity index is 1700. The van der Waals surface area contributed by atoms with Gasteiger partial charge in [-0.1, -0.05) is 17.7 Å². The van der Waals surface area contributed by atoms with Crippen LogP contribution in [0, 0.1) is 5.82 Å². The van der Waals surface area contributed by atoms with Gasteiger partial charge in [-0.05, 0) is 71.8 Å². The number of halogens is 2. The Balaban J connectivity index is 1.57. The molecule has 0 spiro atoms. The first-order chi connectivity index (χ1) is 17.4. The number of aromatic nitrogens is 3. The molecule has 0 saturated heterocycles. The van der Waals surface area contributed by atoms with Crippen LogP contribution in [-0.2, 0) is 10.0 Å². The Morgan fingerprint density at radius 2 is 1.69 bits per heavy atom. The van der Waals surface area contributed by atoms with Crippen molar-refractivity contribution >= 4 is 38.2 Å². The van der Waals surface area contributed by atoms with Crippen molar-refractivity contribution in [1.82, 2.24) is 15.0 Å². The Morgan fingerprint density at radius 1 is 0.889 bits per heavy atom. The molecule has 3 aromatic heterocycles. The van der Waals surface area contributed by atoms with Crippen LogP contribution < -0.4 is 9.46 Å². The van der Waals surface area contributed by atoms with E-state index in [0.29, 0.717) is 11.4 Å². The van der Waals surface area contributed by atoms with E-state index in [1.165, 1.54) is 12.1 Å². The molecule has 0 fully saturated rings. The van der Waals surface area contributed by atoms with Gasteiger partial charge in [-0.15, -0.1) is 0 Å². The van der Waals surface area contributed by atoms with Crippen LogP contribution in [0.1, 0.15) is 0 Å². The van der Waals surface area contributed by atoms with Gasteiger partial charge in [0.2, 0.25) is 5.88 Å². The highest BCUT2D eigenvalue weighted by Crippen LogP contribution is 2.36. The molecule has 180 valence electrons. The molecular formula is C26H18ClFN4O3S. The van der Waals surface area contributed by atoms with Gasteiger partial charge in [0.05, 0.1) is 23.2 Å². The van der Waals surface area contributed by atoms with E-state index in [1.807, 2.05) is 36.4 Å². The summed E-state index contributed by atoms with van der Waals surface area (Å²) in [4.78, 5) is 12.8. The molecule has 10 heteroatoms. The minimum Gasteiger partial charge on any atom is -0.481 e. The van der Waals surface area contributed by atoms with Crippen molar-refractivity contribution in [2.75, 3.05) is 11.8 Å². The Labute approximate surface area is 211 Å². The number of methoxy groups -OCH3 is 1. The van der Waals surface area contributed by atoms with Crippen molar-refractivity contribution in [2.24, 2.45) is 0 Å². The summed E-state index contributed by atoms with van der Waals surface area (Å²) in [5, 5.41) is 0.831. The van der Waals surface area contributed by atoms with E-state index in [-0.39, 0.29) is 15.7 Å². The molecule has 2 aromatic carbocycles. The predicted octanol–water partition coefficient (Wildman–Crippen LogP) is 5.96. The van der Waals surface area contributed by atoms with E-state index in [2.05, 4.69) is 19.7 Å². The molecule has 5 aromatic rings. The SMILES string of the molecule is COc1ncccc1-c1ccnc2ccc(-c3cnc(Cl)c(NS(=O)(=O)c4ccc(F)cc4)c3)cc12. The lowest BCUT2D eigenvalue weighted by molar-refractivity contribution is 0.400. The van der Waals surface area contributed by atoms with Crippen LogP contribution in [-0.4, -0.2) is 30.5 Å². The van der Waals surface area contributed by atoms with Gasteiger partial charge in [0.1, 0.15) is 5.82 Å². The van der Waals surface area contributed by atoms with Crippen molar-refractivity contribution < 1.29 is 17.5 Å². The number of pyridine rings is 3. The third-order valence-corrected chi connectivity index (χ3v) is 7.22. The Hall–Kier alpha value is -4.08. The van der Waals surface area contributed by atoms with E-state index >= 15 is 0 Å². The minimum atomic E-state index is -4.01. The molecule has 36 heavy (non-hydrogen) atoms. The summed E-state index contributed by atoms with van der Waals surface area (Å²) in [5.74, 6) is -0.0502. The van der Waals surface area contributed by atoms with Crippen molar-refractivity contribution in [2.45, 2.75) is 4.90 Å². The number of fused-ring (bicyclic) bond motifs is 1. The first-order valence-corrected chi connectivity index (χ1v) is 12.5. The molecule has 7 nitrogen and oxygen atoms in total. The van der Waals surface area contributed by atoms with E-state index in [4.69, 9.17) is 16.3 Å². The number of sulfonamides is 1. The maximum absolute atomic E-state index is 13.2. The van der Waals surface area contributed by atoms with Crippen LogP contribution in [0.4, 0.5) is 10.1 Å². The topological polar surface area (TPSA) is 94.1 Å². The maximum Gasteiger partial charge on any atom is 0.261 e. The fourth-order valence-electron chi connectivity index (χ4n) is 3.81. The number of nitrogens with zero attached hydrogens (tertiary/aromatic N) is 3. The molecule has 0 atom stereocenters. The smallest absolute Gasteiger partial charge is 0.261 e. The lowest BCUT2D eigenvalue weighted by Crippen LogP contribution is -2.13. The fourth-order valence-corrected chi connectivity index (χ4v) is 5.08. The number of rotatable bonds is 6. The molecule has 0 aliphatic heterocycles. The number of ether oxygens (including phenoxy) is 1. The monoisotopic (exact) mass is 520 g/mol. The highest BCUT2D eigenvalue weighted by atomic mass is 35.5. The zero-order valence-electron chi connectivity index (χ0n) is 18.8. The summed E-state index contributed by atoms with van der Waals surface area (Å²) in [6.07, 6.45) is 4.93. The van der Waals surface area contributed by atoms with Gasteiger partial charge < -0.3 is 4.74 Å².